The van der Waals surface area contributed by atoms with Crippen molar-refractivity contribution in [3.05, 3.63) is 48.5 Å². The first-order valence-corrected chi connectivity index (χ1v) is 9.59. The maximum Gasteiger partial charge on any atom is 0.253 e. The normalized spacial score (nSPS) is 24.0. The number of carbonyl (C=O) groups is 2. The lowest BCUT2D eigenvalue weighted by Crippen LogP contribution is -2.53. The number of amides is 2. The standard InChI is InChI=1S/C20H25N5O2/c1-23(20(27)15-5-3-2-4-6-15)18-11-16-7-8-17(12-18)25(16)19(26)9-10-24-14-21-13-22-24/h2-6,13-14,16-18H,7-12H2,1H3. The van der Waals surface area contributed by atoms with Gasteiger partial charge in [-0.05, 0) is 37.8 Å². The van der Waals surface area contributed by atoms with Gasteiger partial charge in [0.25, 0.3) is 5.91 Å². The van der Waals surface area contributed by atoms with Crippen LogP contribution in [-0.4, -0.2) is 61.6 Å². The van der Waals surface area contributed by atoms with E-state index >= 15 is 0 Å². The van der Waals surface area contributed by atoms with Crippen LogP contribution in [0.15, 0.2) is 43.0 Å². The van der Waals surface area contributed by atoms with Crippen LogP contribution in [-0.2, 0) is 11.3 Å². The molecular formula is C20H25N5O2. The Kier molecular flexibility index (Phi) is 4.92. The topological polar surface area (TPSA) is 71.3 Å². The first-order chi connectivity index (χ1) is 13.1. The fourth-order valence-corrected chi connectivity index (χ4v) is 4.51. The van der Waals surface area contributed by atoms with Gasteiger partial charge in [0.1, 0.15) is 12.7 Å². The Hall–Kier alpha value is -2.70. The Morgan fingerprint density at radius 2 is 1.85 bits per heavy atom. The van der Waals surface area contributed by atoms with Gasteiger partial charge >= 0.3 is 0 Å². The van der Waals surface area contributed by atoms with E-state index in [0.29, 0.717) is 13.0 Å². The number of aryl methyl sites for hydroxylation is 1. The molecule has 2 aromatic rings. The van der Waals surface area contributed by atoms with Crippen molar-refractivity contribution in [1.29, 1.82) is 0 Å². The van der Waals surface area contributed by atoms with Crippen molar-refractivity contribution >= 4 is 11.8 Å². The Morgan fingerprint density at radius 3 is 2.48 bits per heavy atom. The van der Waals surface area contributed by atoms with Crippen LogP contribution < -0.4 is 0 Å². The Labute approximate surface area is 159 Å². The van der Waals surface area contributed by atoms with Crippen molar-refractivity contribution in [2.75, 3.05) is 7.05 Å². The highest BCUT2D eigenvalue weighted by molar-refractivity contribution is 5.94. The smallest absolute Gasteiger partial charge is 0.253 e. The molecule has 2 bridgehead atoms. The summed E-state index contributed by atoms with van der Waals surface area (Å²) in [6.45, 7) is 0.560. The second kappa shape index (κ2) is 7.50. The number of benzene rings is 1. The number of nitrogens with zero attached hydrogens (tertiary/aromatic N) is 5. The summed E-state index contributed by atoms with van der Waals surface area (Å²) in [5.41, 5.74) is 0.721. The van der Waals surface area contributed by atoms with Gasteiger partial charge in [-0.2, -0.15) is 5.10 Å². The lowest BCUT2D eigenvalue weighted by atomic mass is 9.95. The van der Waals surface area contributed by atoms with Crippen molar-refractivity contribution in [3.8, 4) is 0 Å². The average Bonchev–Trinajstić information content (AvgIpc) is 3.31. The molecule has 0 radical (unpaired) electrons. The molecule has 142 valence electrons. The van der Waals surface area contributed by atoms with Gasteiger partial charge in [0.05, 0.1) is 6.54 Å². The molecular weight excluding hydrogens is 342 g/mol. The summed E-state index contributed by atoms with van der Waals surface area (Å²) in [7, 11) is 1.89. The third-order valence-corrected chi connectivity index (χ3v) is 5.91. The molecule has 3 heterocycles. The van der Waals surface area contributed by atoms with Crippen LogP contribution in [0, 0.1) is 0 Å². The molecule has 2 atom stereocenters. The van der Waals surface area contributed by atoms with Gasteiger partial charge in [0, 0.05) is 37.2 Å². The van der Waals surface area contributed by atoms with Crippen LogP contribution in [0.5, 0.6) is 0 Å². The average molecular weight is 367 g/mol. The molecule has 2 saturated heterocycles. The van der Waals surface area contributed by atoms with E-state index in [1.807, 2.05) is 42.3 Å². The van der Waals surface area contributed by atoms with Gasteiger partial charge in [0.2, 0.25) is 5.91 Å². The second-order valence-electron chi connectivity index (χ2n) is 7.50. The van der Waals surface area contributed by atoms with E-state index in [1.54, 1.807) is 11.0 Å². The molecule has 2 amide bonds. The second-order valence-corrected chi connectivity index (χ2v) is 7.50. The number of fused-ring (bicyclic) bond motifs is 2. The zero-order chi connectivity index (χ0) is 18.8. The zero-order valence-electron chi connectivity index (χ0n) is 15.6. The molecule has 0 N–H and O–H groups in total. The fraction of sp³-hybridized carbons (Fsp3) is 0.500. The quantitative estimate of drug-likeness (QED) is 0.810. The molecule has 1 aromatic heterocycles. The summed E-state index contributed by atoms with van der Waals surface area (Å²) in [6.07, 6.45) is 7.35. The van der Waals surface area contributed by atoms with Gasteiger partial charge in [-0.3, -0.25) is 14.3 Å². The Balaban J connectivity index is 1.38. The third kappa shape index (κ3) is 3.59. The number of hydrogen-bond donors (Lipinski definition) is 0. The number of hydrogen-bond acceptors (Lipinski definition) is 4. The molecule has 2 unspecified atom stereocenters. The number of carbonyl (C=O) groups excluding carboxylic acids is 2. The van der Waals surface area contributed by atoms with Crippen molar-refractivity contribution in [2.24, 2.45) is 0 Å². The predicted octanol–water partition coefficient (Wildman–Crippen LogP) is 1.96. The van der Waals surface area contributed by atoms with Crippen molar-refractivity contribution < 1.29 is 9.59 Å². The molecule has 0 aliphatic carbocycles. The highest BCUT2D eigenvalue weighted by Crippen LogP contribution is 2.38. The van der Waals surface area contributed by atoms with Gasteiger partial charge in [-0.25, -0.2) is 4.98 Å². The molecule has 7 nitrogen and oxygen atoms in total. The van der Waals surface area contributed by atoms with Crippen molar-refractivity contribution in [2.45, 2.75) is 56.8 Å². The zero-order valence-corrected chi connectivity index (χ0v) is 15.6. The summed E-state index contributed by atoms with van der Waals surface area (Å²) in [6, 6.07) is 10.1. The molecule has 7 heteroatoms. The molecule has 2 fully saturated rings. The molecule has 2 aliphatic rings. The molecule has 27 heavy (non-hydrogen) atoms. The summed E-state index contributed by atoms with van der Waals surface area (Å²) in [5.74, 6) is 0.249. The number of rotatable bonds is 5. The first kappa shape index (κ1) is 17.7. The molecule has 0 saturated carbocycles. The van der Waals surface area contributed by atoms with E-state index < -0.39 is 0 Å². The summed E-state index contributed by atoms with van der Waals surface area (Å²) in [4.78, 5) is 33.4. The molecule has 2 aliphatic heterocycles. The van der Waals surface area contributed by atoms with Gasteiger partial charge < -0.3 is 9.80 Å². The molecule has 4 rings (SSSR count). The lowest BCUT2D eigenvalue weighted by molar-refractivity contribution is -0.136. The lowest BCUT2D eigenvalue weighted by Gasteiger charge is -2.42. The van der Waals surface area contributed by atoms with E-state index in [9.17, 15) is 9.59 Å². The van der Waals surface area contributed by atoms with E-state index in [1.165, 1.54) is 6.33 Å². The highest BCUT2D eigenvalue weighted by atomic mass is 16.2. The van der Waals surface area contributed by atoms with Crippen molar-refractivity contribution in [1.82, 2.24) is 24.6 Å². The van der Waals surface area contributed by atoms with E-state index in [0.717, 1.165) is 31.2 Å². The SMILES string of the molecule is CN(C(=O)c1ccccc1)C1CC2CCC(C1)N2C(=O)CCn1cncn1. The largest absolute Gasteiger partial charge is 0.339 e. The van der Waals surface area contributed by atoms with Crippen LogP contribution in [0.3, 0.4) is 0 Å². The third-order valence-electron chi connectivity index (χ3n) is 5.91. The van der Waals surface area contributed by atoms with Crippen LogP contribution in [0.2, 0.25) is 0 Å². The van der Waals surface area contributed by atoms with Gasteiger partial charge in [-0.15, -0.1) is 0 Å². The minimum atomic E-state index is 0.0611. The van der Waals surface area contributed by atoms with Crippen LogP contribution in [0.25, 0.3) is 0 Å². The summed E-state index contributed by atoms with van der Waals surface area (Å²) < 4.78 is 1.69. The van der Waals surface area contributed by atoms with Crippen LogP contribution in [0.1, 0.15) is 42.5 Å². The number of piperidine rings is 1. The van der Waals surface area contributed by atoms with E-state index in [-0.39, 0.29) is 29.9 Å². The maximum atomic E-state index is 12.8. The maximum absolute atomic E-state index is 12.8. The van der Waals surface area contributed by atoms with Gasteiger partial charge in [0.15, 0.2) is 0 Å². The van der Waals surface area contributed by atoms with Gasteiger partial charge in [-0.1, -0.05) is 18.2 Å². The molecule has 0 spiro atoms. The predicted molar refractivity (Wildman–Crippen MR) is 99.9 cm³/mol. The van der Waals surface area contributed by atoms with E-state index in [4.69, 9.17) is 0 Å². The first-order valence-electron chi connectivity index (χ1n) is 9.59. The van der Waals surface area contributed by atoms with Crippen molar-refractivity contribution in [3.63, 3.8) is 0 Å². The highest BCUT2D eigenvalue weighted by Gasteiger charge is 2.44. The monoisotopic (exact) mass is 367 g/mol. The van der Waals surface area contributed by atoms with Crippen LogP contribution in [0.4, 0.5) is 0 Å². The van der Waals surface area contributed by atoms with E-state index in [2.05, 4.69) is 15.0 Å². The summed E-state index contributed by atoms with van der Waals surface area (Å²) >= 11 is 0. The minimum absolute atomic E-state index is 0.0611. The fourth-order valence-electron chi connectivity index (χ4n) is 4.51. The Bertz CT molecular complexity index is 778. The Morgan fingerprint density at radius 1 is 1.15 bits per heavy atom. The van der Waals surface area contributed by atoms with Crippen LogP contribution >= 0.6 is 0 Å². The minimum Gasteiger partial charge on any atom is -0.339 e. The summed E-state index contributed by atoms with van der Waals surface area (Å²) in [5, 5.41) is 4.06. The molecule has 1 aromatic carbocycles. The number of aromatic nitrogens is 3.